The number of nitrogens with zero attached hydrogens (tertiary/aromatic N) is 1. The number of carbonyl (C=O) groups excluding carboxylic acids is 3. The molecule has 9 nitrogen and oxygen atoms in total. The number of hydrogen-bond donors (Lipinski definition) is 1. The van der Waals surface area contributed by atoms with Crippen LogP contribution in [0.2, 0.25) is 0 Å². The van der Waals surface area contributed by atoms with E-state index in [0.29, 0.717) is 13.0 Å². The first-order valence-electron chi connectivity index (χ1n) is 10.3. The summed E-state index contributed by atoms with van der Waals surface area (Å²) in [6.07, 6.45) is 1.88. The van der Waals surface area contributed by atoms with E-state index in [1.54, 1.807) is 13.0 Å². The number of furan rings is 1. The summed E-state index contributed by atoms with van der Waals surface area (Å²) in [6.45, 7) is 1.51. The Morgan fingerprint density at radius 3 is 2.53 bits per heavy atom. The molecule has 2 atom stereocenters. The summed E-state index contributed by atoms with van der Waals surface area (Å²) in [7, 11) is -3.16. The smallest absolute Gasteiger partial charge is 0.329 e. The Balaban J connectivity index is 1.64. The molecule has 3 rings (SSSR count). The number of sulfone groups is 1. The Morgan fingerprint density at radius 1 is 1.19 bits per heavy atom. The summed E-state index contributed by atoms with van der Waals surface area (Å²) in [6, 6.07) is 10.6. The molecule has 1 aromatic carbocycles. The normalized spacial score (nSPS) is 18.0. The van der Waals surface area contributed by atoms with Gasteiger partial charge in [0.15, 0.2) is 22.2 Å². The summed E-state index contributed by atoms with van der Waals surface area (Å²) >= 11 is 0. The molecule has 1 aliphatic rings. The van der Waals surface area contributed by atoms with Gasteiger partial charge < -0.3 is 19.4 Å². The van der Waals surface area contributed by atoms with Crippen LogP contribution in [0.3, 0.4) is 0 Å². The second-order valence-corrected chi connectivity index (χ2v) is 9.77. The maximum atomic E-state index is 12.8. The van der Waals surface area contributed by atoms with Crippen molar-refractivity contribution in [1.29, 1.82) is 0 Å². The Bertz CT molecular complexity index is 1040. The van der Waals surface area contributed by atoms with E-state index in [1.165, 1.54) is 17.2 Å². The monoisotopic (exact) mass is 462 g/mol. The highest BCUT2D eigenvalue weighted by Gasteiger charge is 2.34. The molecule has 1 aromatic heterocycles. The number of ether oxygens (including phenoxy) is 1. The van der Waals surface area contributed by atoms with E-state index < -0.39 is 46.3 Å². The molecule has 2 unspecified atom stereocenters. The maximum Gasteiger partial charge on any atom is 0.329 e. The van der Waals surface area contributed by atoms with Gasteiger partial charge in [0.25, 0.3) is 11.8 Å². The summed E-state index contributed by atoms with van der Waals surface area (Å²) in [4.78, 5) is 39.2. The lowest BCUT2D eigenvalue weighted by atomic mass is 10.1. The third-order valence-corrected chi connectivity index (χ3v) is 7.02. The van der Waals surface area contributed by atoms with Crippen LogP contribution in [0.25, 0.3) is 0 Å². The van der Waals surface area contributed by atoms with Crippen LogP contribution in [0.15, 0.2) is 53.1 Å². The van der Waals surface area contributed by atoms with Gasteiger partial charge in [-0.3, -0.25) is 9.59 Å². The number of likely N-dealkylation sites (N-methyl/N-ethyl adjacent to an activating group) is 1. The molecular formula is C22H26N2O7S. The lowest BCUT2D eigenvalue weighted by molar-refractivity contribution is -0.154. The first kappa shape index (κ1) is 23.5. The molecule has 2 amide bonds. The zero-order valence-electron chi connectivity index (χ0n) is 17.7. The van der Waals surface area contributed by atoms with E-state index in [1.807, 2.05) is 30.3 Å². The second kappa shape index (κ2) is 10.4. The van der Waals surface area contributed by atoms with Gasteiger partial charge in [-0.2, -0.15) is 0 Å². The van der Waals surface area contributed by atoms with Crippen LogP contribution in [0.1, 0.15) is 29.5 Å². The van der Waals surface area contributed by atoms with Crippen molar-refractivity contribution >= 4 is 27.6 Å². The zero-order chi connectivity index (χ0) is 23.1. The molecule has 0 bridgehead atoms. The number of carbonyl (C=O) groups is 3. The van der Waals surface area contributed by atoms with Gasteiger partial charge in [0.2, 0.25) is 0 Å². The molecule has 10 heteroatoms. The number of benzene rings is 1. The first-order valence-corrected chi connectivity index (χ1v) is 12.2. The number of nitrogens with one attached hydrogen (secondary N) is 1. The Hall–Kier alpha value is -3.14. The van der Waals surface area contributed by atoms with E-state index in [9.17, 15) is 22.8 Å². The van der Waals surface area contributed by atoms with Crippen molar-refractivity contribution in [2.75, 3.05) is 24.7 Å². The van der Waals surface area contributed by atoms with Gasteiger partial charge in [-0.1, -0.05) is 30.3 Å². The molecule has 1 saturated heterocycles. The summed E-state index contributed by atoms with van der Waals surface area (Å²) in [5, 5.41) is 2.59. The van der Waals surface area contributed by atoms with Crippen molar-refractivity contribution in [3.8, 4) is 0 Å². The van der Waals surface area contributed by atoms with E-state index >= 15 is 0 Å². The van der Waals surface area contributed by atoms with Crippen molar-refractivity contribution in [2.24, 2.45) is 0 Å². The molecule has 32 heavy (non-hydrogen) atoms. The number of hydrogen-bond acceptors (Lipinski definition) is 7. The lowest BCUT2D eigenvalue weighted by Crippen LogP contribution is -2.46. The van der Waals surface area contributed by atoms with E-state index in [-0.39, 0.29) is 23.7 Å². The highest BCUT2D eigenvalue weighted by Crippen LogP contribution is 2.18. The fourth-order valence-electron chi connectivity index (χ4n) is 3.66. The Kier molecular flexibility index (Phi) is 7.68. The molecule has 0 aliphatic carbocycles. The van der Waals surface area contributed by atoms with Gasteiger partial charge in [0.1, 0.15) is 6.04 Å². The molecule has 1 fully saturated rings. The summed E-state index contributed by atoms with van der Waals surface area (Å²) < 4.78 is 33.8. The molecule has 0 saturated carbocycles. The van der Waals surface area contributed by atoms with Crippen molar-refractivity contribution in [1.82, 2.24) is 10.2 Å². The first-order chi connectivity index (χ1) is 15.3. The Morgan fingerprint density at radius 2 is 1.94 bits per heavy atom. The van der Waals surface area contributed by atoms with E-state index in [0.717, 1.165) is 5.56 Å². The number of esters is 1. The van der Waals surface area contributed by atoms with E-state index in [4.69, 9.17) is 9.15 Å². The second-order valence-electron chi connectivity index (χ2n) is 7.54. The average Bonchev–Trinajstić information content (AvgIpc) is 3.43. The quantitative estimate of drug-likeness (QED) is 0.556. The highest BCUT2D eigenvalue weighted by molar-refractivity contribution is 7.91. The molecule has 1 aliphatic heterocycles. The molecular weight excluding hydrogens is 436 g/mol. The standard InChI is InChI=1S/C22H26N2O7S/c1-2-24(17-10-12-32(28,29)15-17)20(25)14-31-22(27)18(13-16-7-4-3-5-8-16)23-21(26)19-9-6-11-30-19/h3-9,11,17-18H,2,10,12-15H2,1H3,(H,23,26). The highest BCUT2D eigenvalue weighted by atomic mass is 32.2. The maximum absolute atomic E-state index is 12.8. The van der Waals surface area contributed by atoms with Gasteiger partial charge in [0.05, 0.1) is 17.8 Å². The largest absolute Gasteiger partial charge is 0.459 e. The predicted molar refractivity (Wildman–Crippen MR) is 116 cm³/mol. The van der Waals surface area contributed by atoms with Crippen molar-refractivity contribution < 1.29 is 32.0 Å². The van der Waals surface area contributed by atoms with Crippen LogP contribution in [-0.4, -0.2) is 67.8 Å². The zero-order valence-corrected chi connectivity index (χ0v) is 18.5. The third kappa shape index (κ3) is 6.19. The van der Waals surface area contributed by atoms with E-state index in [2.05, 4.69) is 5.32 Å². The molecule has 172 valence electrons. The summed E-state index contributed by atoms with van der Waals surface area (Å²) in [5.41, 5.74) is 0.798. The average molecular weight is 463 g/mol. The molecule has 1 N–H and O–H groups in total. The van der Waals surface area contributed by atoms with Gasteiger partial charge >= 0.3 is 5.97 Å². The molecule has 2 aromatic rings. The minimum absolute atomic E-state index is 0.0409. The number of rotatable bonds is 9. The van der Waals surface area contributed by atoms with Crippen LogP contribution in [0.5, 0.6) is 0 Å². The summed E-state index contributed by atoms with van der Waals surface area (Å²) in [5.74, 6) is -1.82. The van der Waals surface area contributed by atoms with Crippen LogP contribution in [-0.2, 0) is 30.6 Å². The van der Waals surface area contributed by atoms with Gasteiger partial charge in [0, 0.05) is 19.0 Å². The number of amides is 2. The van der Waals surface area contributed by atoms with Crippen LogP contribution in [0, 0.1) is 0 Å². The molecule has 0 spiro atoms. The van der Waals surface area contributed by atoms with Crippen LogP contribution in [0.4, 0.5) is 0 Å². The van der Waals surface area contributed by atoms with Gasteiger partial charge in [-0.05, 0) is 31.0 Å². The molecule has 0 radical (unpaired) electrons. The van der Waals surface area contributed by atoms with Gasteiger partial charge in [-0.25, -0.2) is 13.2 Å². The Labute approximate surface area is 186 Å². The SMILES string of the molecule is CCN(C(=O)COC(=O)C(Cc1ccccc1)NC(=O)c1ccco1)C1CCS(=O)(=O)C1. The lowest BCUT2D eigenvalue weighted by Gasteiger charge is -2.27. The minimum Gasteiger partial charge on any atom is -0.459 e. The molecule has 2 heterocycles. The van der Waals surface area contributed by atoms with Crippen molar-refractivity contribution in [3.05, 3.63) is 60.1 Å². The topological polar surface area (TPSA) is 123 Å². The van der Waals surface area contributed by atoms with Crippen molar-refractivity contribution in [3.63, 3.8) is 0 Å². The van der Waals surface area contributed by atoms with Crippen LogP contribution < -0.4 is 5.32 Å². The predicted octanol–water partition coefficient (Wildman–Crippen LogP) is 1.20. The minimum atomic E-state index is -3.16. The van der Waals surface area contributed by atoms with Crippen molar-refractivity contribution in [2.45, 2.75) is 31.8 Å². The fourth-order valence-corrected chi connectivity index (χ4v) is 5.39. The van der Waals surface area contributed by atoms with Gasteiger partial charge in [-0.15, -0.1) is 0 Å². The third-order valence-electron chi connectivity index (χ3n) is 5.27. The van der Waals surface area contributed by atoms with Crippen LogP contribution >= 0.6 is 0 Å². The fraction of sp³-hybridized carbons (Fsp3) is 0.409.